The van der Waals surface area contributed by atoms with E-state index in [-0.39, 0.29) is 12.1 Å². The molecule has 0 amide bonds. The summed E-state index contributed by atoms with van der Waals surface area (Å²) < 4.78 is 5.31. The fourth-order valence-electron chi connectivity index (χ4n) is 2.74. The van der Waals surface area contributed by atoms with Gasteiger partial charge in [-0.1, -0.05) is 24.3 Å². The van der Waals surface area contributed by atoms with Gasteiger partial charge in [-0.15, -0.1) is 0 Å². The standard InChI is InChI=1S/C14H14O2/c15-14-9-8-13(16-14)12-7-3-5-10-4-1-2-6-11(10)12/h1-2,4,6,8-9,12-13H,3,5,7H2/t12-,13-/m1/s1. The maximum absolute atomic E-state index is 11.1. The SMILES string of the molecule is O=C1C=C[C@H]([C@@H]2CCCc3ccccc32)O1. The van der Waals surface area contributed by atoms with E-state index in [1.807, 2.05) is 6.08 Å². The highest BCUT2D eigenvalue weighted by molar-refractivity contribution is 5.84. The molecule has 0 bridgehead atoms. The van der Waals surface area contributed by atoms with Crippen molar-refractivity contribution in [2.24, 2.45) is 0 Å². The Hall–Kier alpha value is -1.57. The van der Waals surface area contributed by atoms with Crippen LogP contribution in [0.2, 0.25) is 0 Å². The van der Waals surface area contributed by atoms with Crippen LogP contribution in [0, 0.1) is 0 Å². The Kier molecular flexibility index (Phi) is 2.28. The smallest absolute Gasteiger partial charge is 0.331 e. The fraction of sp³-hybridized carbons (Fsp3) is 0.357. The highest BCUT2D eigenvalue weighted by Crippen LogP contribution is 2.36. The molecule has 2 atom stereocenters. The number of esters is 1. The first-order valence-electron chi connectivity index (χ1n) is 5.81. The van der Waals surface area contributed by atoms with Crippen molar-refractivity contribution in [3.8, 4) is 0 Å². The number of ether oxygens (including phenoxy) is 1. The van der Waals surface area contributed by atoms with Crippen molar-refractivity contribution in [3.05, 3.63) is 47.5 Å². The van der Waals surface area contributed by atoms with Gasteiger partial charge in [-0.25, -0.2) is 4.79 Å². The fourth-order valence-corrected chi connectivity index (χ4v) is 2.74. The molecule has 3 rings (SSSR count). The zero-order valence-electron chi connectivity index (χ0n) is 9.06. The Bertz CT molecular complexity index is 448. The molecule has 0 spiro atoms. The van der Waals surface area contributed by atoms with Gasteiger partial charge in [0.25, 0.3) is 0 Å². The quantitative estimate of drug-likeness (QED) is 0.672. The summed E-state index contributed by atoms with van der Waals surface area (Å²) in [5.41, 5.74) is 2.77. The highest BCUT2D eigenvalue weighted by atomic mass is 16.5. The molecule has 0 saturated carbocycles. The summed E-state index contributed by atoms with van der Waals surface area (Å²) >= 11 is 0. The van der Waals surface area contributed by atoms with E-state index < -0.39 is 0 Å². The van der Waals surface area contributed by atoms with Crippen molar-refractivity contribution < 1.29 is 9.53 Å². The molecule has 82 valence electrons. The van der Waals surface area contributed by atoms with Crippen LogP contribution in [0.5, 0.6) is 0 Å². The summed E-state index contributed by atoms with van der Waals surface area (Å²) in [6.07, 6.45) is 6.84. The van der Waals surface area contributed by atoms with E-state index in [1.165, 1.54) is 17.5 Å². The Balaban J connectivity index is 1.93. The third-order valence-electron chi connectivity index (χ3n) is 3.49. The van der Waals surface area contributed by atoms with Gasteiger partial charge in [0, 0.05) is 12.0 Å². The first kappa shape index (κ1) is 9.64. The largest absolute Gasteiger partial charge is 0.454 e. The minimum absolute atomic E-state index is 0.0473. The maximum Gasteiger partial charge on any atom is 0.331 e. The Morgan fingerprint density at radius 3 is 2.94 bits per heavy atom. The number of rotatable bonds is 1. The molecule has 0 aromatic heterocycles. The maximum atomic E-state index is 11.1. The first-order valence-corrected chi connectivity index (χ1v) is 5.81. The summed E-state index contributed by atoms with van der Waals surface area (Å²) in [5.74, 6) is 0.153. The number of carbonyl (C=O) groups excluding carboxylic acids is 1. The molecule has 16 heavy (non-hydrogen) atoms. The Morgan fingerprint density at radius 1 is 1.25 bits per heavy atom. The van der Waals surface area contributed by atoms with Crippen molar-refractivity contribution >= 4 is 5.97 Å². The van der Waals surface area contributed by atoms with Crippen molar-refractivity contribution in [1.82, 2.24) is 0 Å². The van der Waals surface area contributed by atoms with E-state index in [1.54, 1.807) is 6.08 Å². The normalized spacial score (nSPS) is 27.6. The van der Waals surface area contributed by atoms with Gasteiger partial charge in [-0.3, -0.25) is 0 Å². The minimum atomic E-state index is -0.201. The van der Waals surface area contributed by atoms with Crippen molar-refractivity contribution in [2.75, 3.05) is 0 Å². The van der Waals surface area contributed by atoms with Crippen molar-refractivity contribution in [2.45, 2.75) is 31.3 Å². The molecule has 2 aliphatic rings. The van der Waals surface area contributed by atoms with E-state index in [2.05, 4.69) is 24.3 Å². The average molecular weight is 214 g/mol. The number of benzene rings is 1. The lowest BCUT2D eigenvalue weighted by atomic mass is 9.80. The molecule has 0 saturated heterocycles. The number of fused-ring (bicyclic) bond motifs is 1. The number of cyclic esters (lactones) is 1. The van der Waals surface area contributed by atoms with Gasteiger partial charge in [0.2, 0.25) is 0 Å². The van der Waals surface area contributed by atoms with Gasteiger partial charge in [-0.2, -0.15) is 0 Å². The third-order valence-corrected chi connectivity index (χ3v) is 3.49. The number of aryl methyl sites for hydroxylation is 1. The van der Waals surface area contributed by atoms with Crippen LogP contribution in [0.4, 0.5) is 0 Å². The lowest BCUT2D eigenvalue weighted by molar-refractivity contribution is -0.139. The molecule has 1 aromatic rings. The monoisotopic (exact) mass is 214 g/mol. The molecule has 1 aliphatic carbocycles. The second kappa shape index (κ2) is 3.78. The zero-order chi connectivity index (χ0) is 11.0. The minimum Gasteiger partial charge on any atom is -0.454 e. The summed E-state index contributed by atoms with van der Waals surface area (Å²) in [6.45, 7) is 0. The second-order valence-electron chi connectivity index (χ2n) is 4.46. The topological polar surface area (TPSA) is 26.3 Å². The first-order chi connectivity index (χ1) is 7.84. The van der Waals surface area contributed by atoms with Crippen molar-refractivity contribution in [1.29, 1.82) is 0 Å². The van der Waals surface area contributed by atoms with Gasteiger partial charge in [0.1, 0.15) is 6.10 Å². The van der Waals surface area contributed by atoms with E-state index in [0.29, 0.717) is 5.92 Å². The molecule has 2 nitrogen and oxygen atoms in total. The summed E-state index contributed by atoms with van der Waals surface area (Å²) in [6, 6.07) is 8.50. The van der Waals surface area contributed by atoms with Gasteiger partial charge in [0.05, 0.1) is 0 Å². The van der Waals surface area contributed by atoms with Crippen LogP contribution < -0.4 is 0 Å². The van der Waals surface area contributed by atoms with E-state index in [4.69, 9.17) is 4.74 Å². The lowest BCUT2D eigenvalue weighted by Crippen LogP contribution is -2.22. The Morgan fingerprint density at radius 2 is 2.12 bits per heavy atom. The summed E-state index contributed by atoms with van der Waals surface area (Å²) in [5, 5.41) is 0. The van der Waals surface area contributed by atoms with E-state index >= 15 is 0 Å². The molecule has 1 aliphatic heterocycles. The van der Waals surface area contributed by atoms with Crippen LogP contribution in [0.25, 0.3) is 0 Å². The van der Waals surface area contributed by atoms with Crippen LogP contribution in [-0.4, -0.2) is 12.1 Å². The van der Waals surface area contributed by atoms with Gasteiger partial charge >= 0.3 is 5.97 Å². The van der Waals surface area contributed by atoms with Gasteiger partial charge in [0.15, 0.2) is 0 Å². The second-order valence-corrected chi connectivity index (χ2v) is 4.46. The molecule has 0 radical (unpaired) electrons. The molecule has 1 heterocycles. The van der Waals surface area contributed by atoms with Crippen molar-refractivity contribution in [3.63, 3.8) is 0 Å². The lowest BCUT2D eigenvalue weighted by Gasteiger charge is -2.28. The van der Waals surface area contributed by atoms with Crippen LogP contribution in [0.15, 0.2) is 36.4 Å². The summed E-state index contributed by atoms with van der Waals surface area (Å²) in [4.78, 5) is 11.1. The van der Waals surface area contributed by atoms with Gasteiger partial charge < -0.3 is 4.74 Å². The van der Waals surface area contributed by atoms with Crippen LogP contribution >= 0.6 is 0 Å². The molecule has 0 unspecified atom stereocenters. The molecule has 2 heteroatoms. The number of hydrogen-bond acceptors (Lipinski definition) is 2. The number of carbonyl (C=O) groups is 1. The number of hydrogen-bond donors (Lipinski definition) is 0. The molecular weight excluding hydrogens is 200 g/mol. The van der Waals surface area contributed by atoms with Crippen LogP contribution in [0.1, 0.15) is 29.9 Å². The van der Waals surface area contributed by atoms with Crippen LogP contribution in [-0.2, 0) is 16.0 Å². The van der Waals surface area contributed by atoms with Crippen LogP contribution in [0.3, 0.4) is 0 Å². The third kappa shape index (κ3) is 1.54. The molecule has 0 fully saturated rings. The molecule has 1 aromatic carbocycles. The predicted molar refractivity (Wildman–Crippen MR) is 61.1 cm³/mol. The summed E-state index contributed by atoms with van der Waals surface area (Å²) in [7, 11) is 0. The predicted octanol–water partition coefficient (Wildman–Crippen LogP) is 2.59. The average Bonchev–Trinajstić information content (AvgIpc) is 2.75. The highest BCUT2D eigenvalue weighted by Gasteiger charge is 2.30. The van der Waals surface area contributed by atoms with E-state index in [9.17, 15) is 4.79 Å². The molecular formula is C14H14O2. The van der Waals surface area contributed by atoms with E-state index in [0.717, 1.165) is 12.8 Å². The molecule has 0 N–H and O–H groups in total. The van der Waals surface area contributed by atoms with Gasteiger partial charge in [-0.05, 0) is 36.5 Å². The zero-order valence-corrected chi connectivity index (χ0v) is 9.06. The Labute approximate surface area is 94.9 Å².